The van der Waals surface area contributed by atoms with Gasteiger partial charge in [0.05, 0.1) is 11.5 Å². The molecular weight excluding hydrogens is 363 g/mol. The zero-order valence-corrected chi connectivity index (χ0v) is 14.1. The molecule has 1 fully saturated rings. The summed E-state index contributed by atoms with van der Waals surface area (Å²) < 4.78 is 16.0. The van der Waals surface area contributed by atoms with Crippen LogP contribution in [-0.2, 0) is 0 Å². The minimum absolute atomic E-state index is 0.0156. The Hall–Kier alpha value is -2.85. The third kappa shape index (κ3) is 2.63. The van der Waals surface area contributed by atoms with Gasteiger partial charge in [0.1, 0.15) is 5.56 Å². The highest BCUT2D eigenvalue weighted by Crippen LogP contribution is 2.26. The zero-order chi connectivity index (χ0) is 18.4. The molecule has 0 aromatic carbocycles. The molecule has 0 unspecified atom stereocenters. The molecule has 0 spiro atoms. The van der Waals surface area contributed by atoms with Gasteiger partial charge in [-0.15, -0.1) is 11.3 Å². The predicted octanol–water partition coefficient (Wildman–Crippen LogP) is 1.25. The number of rotatable bonds is 3. The average Bonchev–Trinajstić information content (AvgIpc) is 3.26. The standard InChI is InChI=1S/C16H13FN4O4S/c17-11-5-9-12(23)10(15(24)25)7-21(16-18-2-4-26-16)13(9)19-14(11)20-3-1-8(22)6-20/h2,4-5,7-8,22H,1,3,6H2,(H,24,25)/t8-/m1/s1. The summed E-state index contributed by atoms with van der Waals surface area (Å²) in [6, 6.07) is 1.00. The maximum atomic E-state index is 14.6. The molecule has 3 aromatic rings. The van der Waals surface area contributed by atoms with Crippen LogP contribution in [0, 0.1) is 5.82 Å². The number of aromatic carboxylic acids is 1. The predicted molar refractivity (Wildman–Crippen MR) is 92.8 cm³/mol. The first kappa shape index (κ1) is 16.6. The van der Waals surface area contributed by atoms with Crippen LogP contribution >= 0.6 is 11.3 Å². The molecule has 4 heterocycles. The molecule has 2 N–H and O–H groups in total. The lowest BCUT2D eigenvalue weighted by Gasteiger charge is -2.18. The molecular formula is C16H13FN4O4S. The van der Waals surface area contributed by atoms with Gasteiger partial charge in [0, 0.05) is 30.9 Å². The van der Waals surface area contributed by atoms with Crippen LogP contribution in [0.5, 0.6) is 0 Å². The third-order valence-corrected chi connectivity index (χ3v) is 5.00. The molecule has 1 aliphatic rings. The number of hydrogen-bond donors (Lipinski definition) is 2. The summed E-state index contributed by atoms with van der Waals surface area (Å²) in [6.45, 7) is 0.676. The van der Waals surface area contributed by atoms with E-state index in [1.54, 1.807) is 10.3 Å². The van der Waals surface area contributed by atoms with Crippen LogP contribution in [0.2, 0.25) is 0 Å². The van der Waals surface area contributed by atoms with E-state index in [-0.39, 0.29) is 23.4 Å². The Morgan fingerprint density at radius 3 is 2.85 bits per heavy atom. The fourth-order valence-electron chi connectivity index (χ4n) is 3.00. The molecule has 134 valence electrons. The zero-order valence-electron chi connectivity index (χ0n) is 13.3. The lowest BCUT2D eigenvalue weighted by Crippen LogP contribution is -2.25. The number of nitrogens with zero attached hydrogens (tertiary/aromatic N) is 4. The van der Waals surface area contributed by atoms with E-state index in [4.69, 9.17) is 0 Å². The second-order valence-corrected chi connectivity index (χ2v) is 6.79. The monoisotopic (exact) mass is 376 g/mol. The smallest absolute Gasteiger partial charge is 0.341 e. The molecule has 4 rings (SSSR count). The molecule has 0 aliphatic carbocycles. The van der Waals surface area contributed by atoms with Crippen molar-refractivity contribution in [1.29, 1.82) is 0 Å². The molecule has 0 saturated carbocycles. The molecule has 8 nitrogen and oxygen atoms in total. The van der Waals surface area contributed by atoms with Gasteiger partial charge >= 0.3 is 5.97 Å². The number of aliphatic hydroxyl groups is 1. The number of pyridine rings is 2. The Morgan fingerprint density at radius 1 is 1.42 bits per heavy atom. The van der Waals surface area contributed by atoms with E-state index in [0.29, 0.717) is 18.1 Å². The Morgan fingerprint density at radius 2 is 2.23 bits per heavy atom. The summed E-state index contributed by atoms with van der Waals surface area (Å²) in [4.78, 5) is 33.9. The highest BCUT2D eigenvalue weighted by Gasteiger charge is 2.26. The largest absolute Gasteiger partial charge is 0.477 e. The van der Waals surface area contributed by atoms with Crippen LogP contribution in [0.4, 0.5) is 10.2 Å². The maximum Gasteiger partial charge on any atom is 0.341 e. The molecule has 1 saturated heterocycles. The van der Waals surface area contributed by atoms with E-state index in [1.807, 2.05) is 0 Å². The number of thiazole rings is 1. The first-order valence-electron chi connectivity index (χ1n) is 7.78. The van der Waals surface area contributed by atoms with Gasteiger partial charge in [0.2, 0.25) is 5.43 Å². The maximum absolute atomic E-state index is 14.6. The quantitative estimate of drug-likeness (QED) is 0.708. The fourth-order valence-corrected chi connectivity index (χ4v) is 3.62. The first-order chi connectivity index (χ1) is 12.5. The van der Waals surface area contributed by atoms with Crippen LogP contribution in [-0.4, -0.2) is 49.9 Å². The van der Waals surface area contributed by atoms with Crippen LogP contribution in [0.1, 0.15) is 16.8 Å². The number of aromatic nitrogens is 3. The van der Waals surface area contributed by atoms with E-state index in [2.05, 4.69) is 9.97 Å². The van der Waals surface area contributed by atoms with E-state index < -0.39 is 28.9 Å². The van der Waals surface area contributed by atoms with Crippen molar-refractivity contribution >= 4 is 34.2 Å². The molecule has 0 radical (unpaired) electrons. The summed E-state index contributed by atoms with van der Waals surface area (Å²) in [5.41, 5.74) is -1.18. The van der Waals surface area contributed by atoms with Gasteiger partial charge in [-0.2, -0.15) is 0 Å². The van der Waals surface area contributed by atoms with Crippen molar-refractivity contribution in [3.8, 4) is 5.13 Å². The Balaban J connectivity index is 2.02. The van der Waals surface area contributed by atoms with Crippen molar-refractivity contribution in [2.75, 3.05) is 18.0 Å². The molecule has 0 amide bonds. The normalized spacial score (nSPS) is 17.2. The van der Waals surface area contributed by atoms with E-state index in [9.17, 15) is 24.2 Å². The van der Waals surface area contributed by atoms with E-state index in [0.717, 1.165) is 12.3 Å². The summed E-state index contributed by atoms with van der Waals surface area (Å²) >= 11 is 1.23. The van der Waals surface area contributed by atoms with Crippen molar-refractivity contribution in [1.82, 2.24) is 14.5 Å². The van der Waals surface area contributed by atoms with E-state index >= 15 is 0 Å². The van der Waals surface area contributed by atoms with Crippen molar-refractivity contribution < 1.29 is 19.4 Å². The topological polar surface area (TPSA) is 109 Å². The average molecular weight is 376 g/mol. The van der Waals surface area contributed by atoms with Crippen molar-refractivity contribution in [2.24, 2.45) is 0 Å². The summed E-state index contributed by atoms with van der Waals surface area (Å²) in [7, 11) is 0. The van der Waals surface area contributed by atoms with Crippen LogP contribution in [0.25, 0.3) is 16.2 Å². The number of anilines is 1. The lowest BCUT2D eigenvalue weighted by molar-refractivity contribution is 0.0695. The van der Waals surface area contributed by atoms with Gasteiger partial charge in [-0.1, -0.05) is 0 Å². The Labute approximate surface area is 149 Å². The number of carboxylic acid groups (broad SMARTS) is 1. The minimum Gasteiger partial charge on any atom is -0.477 e. The number of carbonyl (C=O) groups is 1. The van der Waals surface area contributed by atoms with Crippen molar-refractivity contribution in [3.63, 3.8) is 0 Å². The van der Waals surface area contributed by atoms with Gasteiger partial charge in [0.15, 0.2) is 22.4 Å². The number of hydrogen-bond acceptors (Lipinski definition) is 7. The van der Waals surface area contributed by atoms with Gasteiger partial charge in [0.25, 0.3) is 0 Å². The van der Waals surface area contributed by atoms with Gasteiger partial charge < -0.3 is 15.1 Å². The number of fused-ring (bicyclic) bond motifs is 1. The number of aliphatic hydroxyl groups excluding tert-OH is 1. The molecule has 0 bridgehead atoms. The SMILES string of the molecule is O=C(O)c1cn(-c2nccs2)c2nc(N3CC[C@@H](O)C3)c(F)cc2c1=O. The number of carboxylic acids is 1. The second-order valence-electron chi connectivity index (χ2n) is 5.92. The number of halogens is 1. The molecule has 1 aliphatic heterocycles. The Kier molecular flexibility index (Phi) is 3.93. The molecule has 1 atom stereocenters. The number of β-amino-alcohol motifs (C(OH)–C–C–N with tert-alkyl or cyclic N) is 1. The third-order valence-electron chi connectivity index (χ3n) is 4.23. The highest BCUT2D eigenvalue weighted by molar-refractivity contribution is 7.12. The summed E-state index contributed by atoms with van der Waals surface area (Å²) in [5.74, 6) is -2.13. The summed E-state index contributed by atoms with van der Waals surface area (Å²) in [5, 5.41) is 20.9. The van der Waals surface area contributed by atoms with Crippen LogP contribution < -0.4 is 10.3 Å². The van der Waals surface area contributed by atoms with E-state index in [1.165, 1.54) is 22.1 Å². The second kappa shape index (κ2) is 6.15. The highest BCUT2D eigenvalue weighted by atomic mass is 32.1. The fraction of sp³-hybridized carbons (Fsp3) is 0.250. The first-order valence-corrected chi connectivity index (χ1v) is 8.65. The van der Waals surface area contributed by atoms with Crippen molar-refractivity contribution in [2.45, 2.75) is 12.5 Å². The lowest BCUT2D eigenvalue weighted by atomic mass is 10.2. The molecule has 10 heteroatoms. The van der Waals surface area contributed by atoms with Gasteiger partial charge in [-0.25, -0.2) is 19.2 Å². The summed E-state index contributed by atoms with van der Waals surface area (Å²) in [6.07, 6.45) is 2.61. The van der Waals surface area contributed by atoms with Crippen molar-refractivity contribution in [3.05, 3.63) is 45.4 Å². The minimum atomic E-state index is -1.41. The molecule has 26 heavy (non-hydrogen) atoms. The van der Waals surface area contributed by atoms with Crippen LogP contribution in [0.3, 0.4) is 0 Å². The van der Waals surface area contributed by atoms with Gasteiger partial charge in [-0.3, -0.25) is 9.36 Å². The van der Waals surface area contributed by atoms with Crippen LogP contribution in [0.15, 0.2) is 28.6 Å². The Bertz CT molecular complexity index is 1070. The molecule has 3 aromatic heterocycles. The van der Waals surface area contributed by atoms with Gasteiger partial charge in [-0.05, 0) is 12.5 Å².